The minimum absolute atomic E-state index is 0.00302. The van der Waals surface area contributed by atoms with Crippen LogP contribution in [-0.4, -0.2) is 52.5 Å². The van der Waals surface area contributed by atoms with Crippen molar-refractivity contribution in [1.29, 1.82) is 0 Å². The Balaban J connectivity index is 1.10. The second-order valence-corrected chi connectivity index (χ2v) is 7.94. The molecule has 2 aliphatic heterocycles. The fraction of sp³-hybridized carbons (Fsp3) is 0.304. The molecule has 3 N–H and O–H groups in total. The van der Waals surface area contributed by atoms with Crippen molar-refractivity contribution in [2.24, 2.45) is 0 Å². The van der Waals surface area contributed by atoms with E-state index in [1.807, 2.05) is 24.3 Å². The van der Waals surface area contributed by atoms with E-state index in [0.717, 1.165) is 17.8 Å². The van der Waals surface area contributed by atoms with Crippen LogP contribution in [0.2, 0.25) is 0 Å². The molecule has 31 heavy (non-hydrogen) atoms. The standard InChI is InChI=1S/C23H23N5O3/c1-2-5-16-15(4-1)14(10-25-16)11-26-18-12-30-22-19(13-31-21(18)22)28-23-24-8-7-17(27-23)20-6-3-9-29-20/h1-10,18-19,21-22,25-26H,11-13H2,(H,24,27,28)/t18-,19-,21+,22+/m0/s1. The van der Waals surface area contributed by atoms with E-state index in [2.05, 4.69) is 50.0 Å². The fourth-order valence-corrected chi connectivity index (χ4v) is 4.47. The zero-order valence-electron chi connectivity index (χ0n) is 16.8. The van der Waals surface area contributed by atoms with Gasteiger partial charge in [0.2, 0.25) is 5.95 Å². The predicted molar refractivity (Wildman–Crippen MR) is 116 cm³/mol. The zero-order valence-corrected chi connectivity index (χ0v) is 16.8. The molecule has 0 saturated carbocycles. The van der Waals surface area contributed by atoms with Crippen LogP contribution in [0.15, 0.2) is 65.5 Å². The summed E-state index contributed by atoms with van der Waals surface area (Å²) in [4.78, 5) is 12.2. The van der Waals surface area contributed by atoms with E-state index >= 15 is 0 Å². The van der Waals surface area contributed by atoms with Crippen LogP contribution in [0, 0.1) is 0 Å². The molecule has 2 aliphatic rings. The number of furan rings is 1. The first-order chi connectivity index (χ1) is 15.3. The Kier molecular flexibility index (Phi) is 4.67. The molecule has 2 fully saturated rings. The van der Waals surface area contributed by atoms with E-state index < -0.39 is 0 Å². The van der Waals surface area contributed by atoms with Crippen LogP contribution in [0.4, 0.5) is 5.95 Å². The molecule has 4 atom stereocenters. The highest BCUT2D eigenvalue weighted by Crippen LogP contribution is 2.29. The topological polar surface area (TPSA) is 97.2 Å². The molecule has 2 saturated heterocycles. The van der Waals surface area contributed by atoms with Crippen LogP contribution >= 0.6 is 0 Å². The van der Waals surface area contributed by atoms with E-state index in [0.29, 0.717) is 24.9 Å². The van der Waals surface area contributed by atoms with E-state index in [4.69, 9.17) is 13.9 Å². The Morgan fingerprint density at radius 3 is 2.77 bits per heavy atom. The van der Waals surface area contributed by atoms with Crippen molar-refractivity contribution in [3.05, 3.63) is 66.7 Å². The van der Waals surface area contributed by atoms with Crippen molar-refractivity contribution in [3.8, 4) is 11.5 Å². The van der Waals surface area contributed by atoms with Gasteiger partial charge in [0.1, 0.15) is 17.9 Å². The minimum Gasteiger partial charge on any atom is -0.463 e. The lowest BCUT2D eigenvalue weighted by molar-refractivity contribution is 0.0675. The van der Waals surface area contributed by atoms with E-state index in [1.165, 1.54) is 10.9 Å². The van der Waals surface area contributed by atoms with Crippen molar-refractivity contribution in [2.45, 2.75) is 30.8 Å². The molecular weight excluding hydrogens is 394 g/mol. The molecule has 5 heterocycles. The largest absolute Gasteiger partial charge is 0.463 e. The van der Waals surface area contributed by atoms with Crippen LogP contribution in [0.5, 0.6) is 0 Å². The highest BCUT2D eigenvalue weighted by Gasteiger charge is 2.47. The summed E-state index contributed by atoms with van der Waals surface area (Å²) in [6.45, 7) is 1.93. The smallest absolute Gasteiger partial charge is 0.223 e. The molecular formula is C23H23N5O3. The number of aromatic nitrogens is 3. The highest BCUT2D eigenvalue weighted by atomic mass is 16.6. The molecule has 0 amide bonds. The molecule has 0 spiro atoms. The molecule has 3 aromatic heterocycles. The number of para-hydroxylation sites is 1. The summed E-state index contributed by atoms with van der Waals surface area (Å²) in [5.41, 5.74) is 3.14. The van der Waals surface area contributed by atoms with Gasteiger partial charge in [-0.2, -0.15) is 0 Å². The fourth-order valence-electron chi connectivity index (χ4n) is 4.47. The van der Waals surface area contributed by atoms with Gasteiger partial charge in [-0.05, 0) is 29.8 Å². The number of aromatic amines is 1. The summed E-state index contributed by atoms with van der Waals surface area (Å²) in [6, 6.07) is 14.0. The molecule has 4 aromatic rings. The number of anilines is 1. The number of nitrogens with one attached hydrogen (secondary N) is 3. The quantitative estimate of drug-likeness (QED) is 0.444. The SMILES string of the molecule is c1coc(-c2ccnc(N[C@H]3CO[C@H]4[C@@H]3OC[C@@H]4NCc3c[nH]c4ccccc34)n2)c1. The van der Waals surface area contributed by atoms with Gasteiger partial charge in [-0.1, -0.05) is 18.2 Å². The Labute approximate surface area is 179 Å². The van der Waals surface area contributed by atoms with Crippen molar-refractivity contribution in [3.63, 3.8) is 0 Å². The Morgan fingerprint density at radius 1 is 1.00 bits per heavy atom. The van der Waals surface area contributed by atoms with Gasteiger partial charge in [-0.15, -0.1) is 0 Å². The van der Waals surface area contributed by atoms with Gasteiger partial charge < -0.3 is 29.5 Å². The summed E-state index contributed by atoms with van der Waals surface area (Å²) < 4.78 is 17.6. The molecule has 158 valence electrons. The Hall–Kier alpha value is -3.20. The number of fused-ring (bicyclic) bond motifs is 2. The number of rotatable bonds is 6. The van der Waals surface area contributed by atoms with Crippen molar-refractivity contribution in [2.75, 3.05) is 18.5 Å². The number of hydrogen-bond acceptors (Lipinski definition) is 7. The molecule has 8 nitrogen and oxygen atoms in total. The summed E-state index contributed by atoms with van der Waals surface area (Å²) in [7, 11) is 0. The maximum absolute atomic E-state index is 6.10. The van der Waals surface area contributed by atoms with Gasteiger partial charge in [0.15, 0.2) is 5.76 Å². The second-order valence-electron chi connectivity index (χ2n) is 7.94. The lowest BCUT2D eigenvalue weighted by Crippen LogP contribution is -2.41. The molecule has 6 rings (SSSR count). The Morgan fingerprint density at radius 2 is 1.87 bits per heavy atom. The molecule has 8 heteroatoms. The molecule has 0 radical (unpaired) electrons. The van der Waals surface area contributed by atoms with Gasteiger partial charge in [0.25, 0.3) is 0 Å². The van der Waals surface area contributed by atoms with Gasteiger partial charge >= 0.3 is 0 Å². The third-order valence-corrected chi connectivity index (χ3v) is 6.03. The van der Waals surface area contributed by atoms with Gasteiger partial charge in [-0.3, -0.25) is 0 Å². The van der Waals surface area contributed by atoms with E-state index in [1.54, 1.807) is 12.5 Å². The first-order valence-corrected chi connectivity index (χ1v) is 10.5. The van der Waals surface area contributed by atoms with Crippen LogP contribution < -0.4 is 10.6 Å². The summed E-state index contributed by atoms with van der Waals surface area (Å²) in [6.07, 6.45) is 5.37. The third kappa shape index (κ3) is 3.48. The number of H-pyrrole nitrogens is 1. The zero-order chi connectivity index (χ0) is 20.6. The summed E-state index contributed by atoms with van der Waals surface area (Å²) in [5, 5.41) is 8.24. The van der Waals surface area contributed by atoms with Crippen molar-refractivity contribution < 1.29 is 13.9 Å². The highest BCUT2D eigenvalue weighted by molar-refractivity contribution is 5.82. The maximum Gasteiger partial charge on any atom is 0.223 e. The van der Waals surface area contributed by atoms with Crippen molar-refractivity contribution in [1.82, 2.24) is 20.3 Å². The van der Waals surface area contributed by atoms with Gasteiger partial charge in [-0.25, -0.2) is 9.97 Å². The Bertz CT molecular complexity index is 1170. The normalized spacial score (nSPS) is 25.2. The van der Waals surface area contributed by atoms with E-state index in [-0.39, 0.29) is 24.3 Å². The number of ether oxygens (including phenoxy) is 2. The number of nitrogens with zero attached hydrogens (tertiary/aromatic N) is 2. The number of hydrogen-bond donors (Lipinski definition) is 3. The number of benzene rings is 1. The summed E-state index contributed by atoms with van der Waals surface area (Å²) in [5.74, 6) is 1.26. The van der Waals surface area contributed by atoms with Crippen LogP contribution in [-0.2, 0) is 16.0 Å². The lowest BCUT2D eigenvalue weighted by Gasteiger charge is -2.18. The minimum atomic E-state index is -0.0451. The monoisotopic (exact) mass is 417 g/mol. The van der Waals surface area contributed by atoms with E-state index in [9.17, 15) is 0 Å². The van der Waals surface area contributed by atoms with Gasteiger partial charge in [0, 0.05) is 29.8 Å². The first-order valence-electron chi connectivity index (χ1n) is 10.5. The average Bonchev–Trinajstić information content (AvgIpc) is 3.59. The molecule has 0 aliphatic carbocycles. The molecule has 1 aromatic carbocycles. The van der Waals surface area contributed by atoms with Crippen molar-refractivity contribution >= 4 is 16.9 Å². The van der Waals surface area contributed by atoms with Gasteiger partial charge in [0.05, 0.1) is 31.6 Å². The maximum atomic E-state index is 6.10. The lowest BCUT2D eigenvalue weighted by atomic mass is 10.1. The third-order valence-electron chi connectivity index (χ3n) is 6.03. The second kappa shape index (κ2) is 7.81. The molecule has 0 unspecified atom stereocenters. The predicted octanol–water partition coefficient (Wildman–Crippen LogP) is 2.95. The van der Waals surface area contributed by atoms with Crippen LogP contribution in [0.3, 0.4) is 0 Å². The molecule has 0 bridgehead atoms. The van der Waals surface area contributed by atoms with Crippen LogP contribution in [0.25, 0.3) is 22.4 Å². The average molecular weight is 417 g/mol. The van der Waals surface area contributed by atoms with Crippen LogP contribution in [0.1, 0.15) is 5.56 Å². The summed E-state index contributed by atoms with van der Waals surface area (Å²) >= 11 is 0. The first kappa shape index (κ1) is 18.6.